The first-order valence-electron chi connectivity index (χ1n) is 5.05. The molecule has 80 valence electrons. The summed E-state index contributed by atoms with van der Waals surface area (Å²) in [6.45, 7) is 6.41. The van der Waals surface area contributed by atoms with Gasteiger partial charge in [0.15, 0.2) is 5.78 Å². The van der Waals surface area contributed by atoms with E-state index < -0.39 is 0 Å². The van der Waals surface area contributed by atoms with E-state index in [4.69, 9.17) is 4.74 Å². The summed E-state index contributed by atoms with van der Waals surface area (Å²) in [6, 6.07) is 5.79. The van der Waals surface area contributed by atoms with E-state index in [1.54, 1.807) is 0 Å². The molecule has 0 saturated carbocycles. The molecule has 0 bridgehead atoms. The summed E-state index contributed by atoms with van der Waals surface area (Å²) in [5, 5.41) is 0. The predicted molar refractivity (Wildman–Crippen MR) is 61.0 cm³/mol. The number of rotatable bonds is 4. The van der Waals surface area contributed by atoms with E-state index in [0.29, 0.717) is 6.61 Å². The van der Waals surface area contributed by atoms with E-state index in [1.165, 1.54) is 12.3 Å². The maximum atomic E-state index is 11.7. The lowest BCUT2D eigenvalue weighted by atomic mass is 10.0. The molecule has 0 N–H and O–H groups in total. The Hall–Kier alpha value is -1.57. The van der Waals surface area contributed by atoms with Gasteiger partial charge in [0, 0.05) is 11.6 Å². The Morgan fingerprint density at radius 3 is 2.73 bits per heavy atom. The van der Waals surface area contributed by atoms with Crippen molar-refractivity contribution in [3.63, 3.8) is 0 Å². The molecule has 0 aliphatic heterocycles. The van der Waals surface area contributed by atoms with Crippen molar-refractivity contribution >= 4 is 5.78 Å². The smallest absolute Gasteiger partial charge is 0.189 e. The van der Waals surface area contributed by atoms with Gasteiger partial charge in [-0.2, -0.15) is 0 Å². The number of hydrogen-bond acceptors (Lipinski definition) is 2. The number of ketones is 1. The molecule has 1 aromatic carbocycles. The highest BCUT2D eigenvalue weighted by atomic mass is 16.5. The lowest BCUT2D eigenvalue weighted by Gasteiger charge is -2.02. The molecule has 0 aliphatic rings. The molecule has 0 saturated heterocycles. The SMILES string of the molecule is CCOC=CC(=O)c1ccc(C)cc1C. The summed E-state index contributed by atoms with van der Waals surface area (Å²) in [7, 11) is 0. The lowest BCUT2D eigenvalue weighted by Crippen LogP contribution is -1.98. The van der Waals surface area contributed by atoms with Crippen molar-refractivity contribution < 1.29 is 9.53 Å². The van der Waals surface area contributed by atoms with Crippen LogP contribution in [0.3, 0.4) is 0 Å². The van der Waals surface area contributed by atoms with Crippen LogP contribution in [0.15, 0.2) is 30.5 Å². The molecule has 1 aromatic rings. The van der Waals surface area contributed by atoms with Crippen LogP contribution in [0.1, 0.15) is 28.4 Å². The Balaban J connectivity index is 2.82. The molecule has 0 unspecified atom stereocenters. The topological polar surface area (TPSA) is 26.3 Å². The van der Waals surface area contributed by atoms with E-state index >= 15 is 0 Å². The van der Waals surface area contributed by atoms with Crippen LogP contribution in [0.5, 0.6) is 0 Å². The maximum Gasteiger partial charge on any atom is 0.189 e. The highest BCUT2D eigenvalue weighted by molar-refractivity contribution is 6.05. The summed E-state index contributed by atoms with van der Waals surface area (Å²) in [5.41, 5.74) is 2.90. The average molecular weight is 204 g/mol. The molecule has 2 nitrogen and oxygen atoms in total. The third kappa shape index (κ3) is 3.24. The van der Waals surface area contributed by atoms with Crippen LogP contribution in [-0.4, -0.2) is 12.4 Å². The molecular weight excluding hydrogens is 188 g/mol. The lowest BCUT2D eigenvalue weighted by molar-refractivity contribution is 0.104. The van der Waals surface area contributed by atoms with Crippen molar-refractivity contribution in [2.75, 3.05) is 6.61 Å². The first-order chi connectivity index (χ1) is 7.15. The van der Waals surface area contributed by atoms with Crippen molar-refractivity contribution in [3.05, 3.63) is 47.2 Å². The van der Waals surface area contributed by atoms with Crippen molar-refractivity contribution in [2.45, 2.75) is 20.8 Å². The van der Waals surface area contributed by atoms with Crippen molar-refractivity contribution in [3.8, 4) is 0 Å². The van der Waals surface area contributed by atoms with Crippen LogP contribution in [0.25, 0.3) is 0 Å². The molecular formula is C13H16O2. The minimum atomic E-state index is -0.0130. The minimum Gasteiger partial charge on any atom is -0.501 e. The molecule has 0 radical (unpaired) electrons. The molecule has 1 rings (SSSR count). The first kappa shape index (κ1) is 11.5. The zero-order chi connectivity index (χ0) is 11.3. The summed E-state index contributed by atoms with van der Waals surface area (Å²) < 4.78 is 4.99. The number of benzene rings is 1. The highest BCUT2D eigenvalue weighted by Crippen LogP contribution is 2.11. The molecule has 0 amide bonds. The van der Waals surface area contributed by atoms with Gasteiger partial charge in [-0.05, 0) is 26.3 Å². The Bertz CT molecular complexity index is 378. The van der Waals surface area contributed by atoms with Crippen LogP contribution in [0.4, 0.5) is 0 Å². The van der Waals surface area contributed by atoms with E-state index in [9.17, 15) is 4.79 Å². The van der Waals surface area contributed by atoms with Crippen LogP contribution in [0.2, 0.25) is 0 Å². The van der Waals surface area contributed by atoms with Gasteiger partial charge in [0.1, 0.15) is 0 Å². The molecule has 15 heavy (non-hydrogen) atoms. The van der Waals surface area contributed by atoms with E-state index in [1.807, 2.05) is 39.0 Å². The largest absolute Gasteiger partial charge is 0.501 e. The Morgan fingerprint density at radius 1 is 1.40 bits per heavy atom. The predicted octanol–water partition coefficient (Wildman–Crippen LogP) is 3.04. The van der Waals surface area contributed by atoms with Crippen molar-refractivity contribution in [2.24, 2.45) is 0 Å². The molecule has 0 aromatic heterocycles. The Labute approximate surface area is 90.6 Å². The molecule has 2 heteroatoms. The van der Waals surface area contributed by atoms with Gasteiger partial charge in [-0.25, -0.2) is 0 Å². The van der Waals surface area contributed by atoms with E-state index in [-0.39, 0.29) is 5.78 Å². The van der Waals surface area contributed by atoms with Gasteiger partial charge in [-0.3, -0.25) is 4.79 Å². The standard InChI is InChI=1S/C13H16O2/c1-4-15-8-7-13(14)12-6-5-10(2)9-11(12)3/h5-9H,4H2,1-3H3. The van der Waals surface area contributed by atoms with Gasteiger partial charge in [-0.15, -0.1) is 0 Å². The molecule has 0 fully saturated rings. The monoisotopic (exact) mass is 204 g/mol. The second-order valence-electron chi connectivity index (χ2n) is 3.44. The van der Waals surface area contributed by atoms with Crippen molar-refractivity contribution in [1.29, 1.82) is 0 Å². The zero-order valence-corrected chi connectivity index (χ0v) is 9.41. The van der Waals surface area contributed by atoms with Gasteiger partial charge in [-0.1, -0.05) is 23.8 Å². The summed E-state index contributed by atoms with van der Waals surface area (Å²) in [5.74, 6) is -0.0130. The van der Waals surface area contributed by atoms with Crippen molar-refractivity contribution in [1.82, 2.24) is 0 Å². The van der Waals surface area contributed by atoms with Crippen LogP contribution in [-0.2, 0) is 4.74 Å². The van der Waals surface area contributed by atoms with E-state index in [2.05, 4.69) is 0 Å². The van der Waals surface area contributed by atoms with Gasteiger partial charge in [0.2, 0.25) is 0 Å². The molecule has 0 spiro atoms. The highest BCUT2D eigenvalue weighted by Gasteiger charge is 2.05. The van der Waals surface area contributed by atoms with Gasteiger partial charge in [0.25, 0.3) is 0 Å². The average Bonchev–Trinajstić information content (AvgIpc) is 2.17. The number of carbonyl (C=O) groups excluding carboxylic acids is 1. The molecule has 0 heterocycles. The fourth-order valence-electron chi connectivity index (χ4n) is 1.39. The second-order valence-corrected chi connectivity index (χ2v) is 3.44. The zero-order valence-electron chi connectivity index (χ0n) is 9.41. The van der Waals surface area contributed by atoms with Crippen LogP contribution < -0.4 is 0 Å². The number of carbonyl (C=O) groups is 1. The van der Waals surface area contributed by atoms with Gasteiger partial charge >= 0.3 is 0 Å². The van der Waals surface area contributed by atoms with Gasteiger partial charge in [0.05, 0.1) is 12.9 Å². The number of hydrogen-bond donors (Lipinski definition) is 0. The third-order valence-corrected chi connectivity index (χ3v) is 2.13. The maximum absolute atomic E-state index is 11.7. The number of allylic oxidation sites excluding steroid dienone is 1. The number of ether oxygens (including phenoxy) is 1. The fourth-order valence-corrected chi connectivity index (χ4v) is 1.39. The molecule has 0 aliphatic carbocycles. The van der Waals surface area contributed by atoms with Crippen LogP contribution in [0, 0.1) is 13.8 Å². The van der Waals surface area contributed by atoms with E-state index in [0.717, 1.165) is 16.7 Å². The summed E-state index contributed by atoms with van der Waals surface area (Å²) >= 11 is 0. The first-order valence-corrected chi connectivity index (χ1v) is 5.05. The Morgan fingerprint density at radius 2 is 2.13 bits per heavy atom. The third-order valence-electron chi connectivity index (χ3n) is 2.13. The number of aryl methyl sites for hydroxylation is 2. The fraction of sp³-hybridized carbons (Fsp3) is 0.308. The second kappa shape index (κ2) is 5.35. The normalized spacial score (nSPS) is 10.6. The van der Waals surface area contributed by atoms with Gasteiger partial charge < -0.3 is 4.74 Å². The quantitative estimate of drug-likeness (QED) is 0.428. The molecule has 0 atom stereocenters. The Kier molecular flexibility index (Phi) is 4.10. The summed E-state index contributed by atoms with van der Waals surface area (Å²) in [4.78, 5) is 11.7. The minimum absolute atomic E-state index is 0.0130. The van der Waals surface area contributed by atoms with Crippen LogP contribution >= 0.6 is 0 Å². The summed E-state index contributed by atoms with van der Waals surface area (Å²) in [6.07, 6.45) is 2.91.